The first-order valence-corrected chi connectivity index (χ1v) is 11.0. The lowest BCUT2D eigenvalue weighted by Gasteiger charge is -2.06. The smallest absolute Gasteiger partial charge is 0.255 e. The third-order valence-electron chi connectivity index (χ3n) is 5.30. The molecule has 0 fully saturated rings. The molecule has 0 aliphatic carbocycles. The van der Waals surface area contributed by atoms with E-state index in [1.165, 1.54) is 0 Å². The molecule has 0 radical (unpaired) electrons. The number of imidazole rings is 1. The van der Waals surface area contributed by atoms with Crippen LogP contribution >= 0.6 is 11.6 Å². The van der Waals surface area contributed by atoms with Crippen LogP contribution in [-0.4, -0.2) is 21.8 Å². The van der Waals surface area contributed by atoms with E-state index in [1.807, 2.05) is 60.7 Å². The van der Waals surface area contributed by atoms with Crippen molar-refractivity contribution in [1.29, 1.82) is 0 Å². The highest BCUT2D eigenvalue weighted by atomic mass is 35.5. The first-order chi connectivity index (χ1) is 16.5. The molecule has 166 valence electrons. The quantitative estimate of drug-likeness (QED) is 0.280. The predicted octanol–water partition coefficient (Wildman–Crippen LogP) is 6.39. The lowest BCUT2D eigenvalue weighted by atomic mass is 10.1. The predicted molar refractivity (Wildman–Crippen MR) is 135 cm³/mol. The molecule has 2 amide bonds. The fraction of sp³-hybridized carbons (Fsp3) is 0. The van der Waals surface area contributed by atoms with Gasteiger partial charge in [0.1, 0.15) is 5.82 Å². The summed E-state index contributed by atoms with van der Waals surface area (Å²) in [6.45, 7) is 0. The van der Waals surface area contributed by atoms with Crippen LogP contribution in [0.5, 0.6) is 0 Å². The van der Waals surface area contributed by atoms with E-state index in [0.717, 1.165) is 16.6 Å². The second-order valence-electron chi connectivity index (χ2n) is 7.68. The Bertz CT molecular complexity index is 1480. The Hall–Kier alpha value is -4.42. The summed E-state index contributed by atoms with van der Waals surface area (Å²) in [6, 6.07) is 28.7. The van der Waals surface area contributed by atoms with Gasteiger partial charge >= 0.3 is 0 Å². The second-order valence-corrected chi connectivity index (χ2v) is 8.11. The third kappa shape index (κ3) is 4.67. The molecule has 0 saturated carbocycles. The van der Waals surface area contributed by atoms with E-state index < -0.39 is 0 Å². The number of halogens is 1. The molecule has 0 atom stereocenters. The normalized spacial score (nSPS) is 10.7. The Labute approximate surface area is 200 Å². The van der Waals surface area contributed by atoms with Crippen molar-refractivity contribution in [3.8, 4) is 11.4 Å². The van der Waals surface area contributed by atoms with Crippen LogP contribution in [0.2, 0.25) is 5.02 Å². The highest BCUT2D eigenvalue weighted by molar-refractivity contribution is 6.30. The number of carbonyl (C=O) groups is 2. The number of anilines is 2. The maximum Gasteiger partial charge on any atom is 0.255 e. The van der Waals surface area contributed by atoms with Crippen molar-refractivity contribution in [2.75, 3.05) is 10.6 Å². The van der Waals surface area contributed by atoms with Gasteiger partial charge in [0, 0.05) is 33.1 Å². The Morgan fingerprint density at radius 1 is 0.706 bits per heavy atom. The molecule has 1 aromatic heterocycles. The molecule has 0 spiro atoms. The number of nitrogens with zero attached hydrogens (tertiary/aromatic N) is 1. The number of hydrogen-bond donors (Lipinski definition) is 3. The maximum absolute atomic E-state index is 12.4. The molecule has 34 heavy (non-hydrogen) atoms. The Morgan fingerprint density at radius 3 is 2.03 bits per heavy atom. The average molecular weight is 467 g/mol. The highest BCUT2D eigenvalue weighted by Gasteiger charge is 2.10. The lowest BCUT2D eigenvalue weighted by Crippen LogP contribution is -2.11. The molecule has 0 aliphatic heterocycles. The number of benzene rings is 4. The minimum atomic E-state index is -0.210. The number of fused-ring (bicyclic) bond motifs is 1. The van der Waals surface area contributed by atoms with E-state index in [4.69, 9.17) is 11.6 Å². The molecule has 0 saturated heterocycles. The summed E-state index contributed by atoms with van der Waals surface area (Å²) in [5, 5.41) is 6.36. The average Bonchev–Trinajstić information content (AvgIpc) is 3.29. The van der Waals surface area contributed by atoms with Crippen molar-refractivity contribution in [2.45, 2.75) is 0 Å². The van der Waals surface area contributed by atoms with Crippen LogP contribution in [-0.2, 0) is 0 Å². The number of nitrogens with one attached hydrogen (secondary N) is 3. The van der Waals surface area contributed by atoms with Gasteiger partial charge in [-0.3, -0.25) is 9.59 Å². The molecular formula is C27H19ClN4O2. The molecule has 5 aromatic rings. The van der Waals surface area contributed by atoms with Crippen molar-refractivity contribution in [1.82, 2.24) is 9.97 Å². The van der Waals surface area contributed by atoms with Crippen molar-refractivity contribution in [3.05, 3.63) is 113 Å². The van der Waals surface area contributed by atoms with Gasteiger partial charge in [-0.1, -0.05) is 29.8 Å². The van der Waals surface area contributed by atoms with Crippen LogP contribution in [0.15, 0.2) is 97.1 Å². The molecular weight excluding hydrogens is 448 g/mol. The van der Waals surface area contributed by atoms with Crippen LogP contribution in [0.4, 0.5) is 11.4 Å². The van der Waals surface area contributed by atoms with E-state index >= 15 is 0 Å². The summed E-state index contributed by atoms with van der Waals surface area (Å²) in [5.41, 5.74) is 4.93. The second kappa shape index (κ2) is 9.21. The number of aromatic nitrogens is 2. The summed E-state index contributed by atoms with van der Waals surface area (Å²) >= 11 is 5.88. The Kier molecular flexibility index (Phi) is 5.81. The molecule has 1 heterocycles. The monoisotopic (exact) mass is 466 g/mol. The van der Waals surface area contributed by atoms with Gasteiger partial charge in [0.05, 0.1) is 11.0 Å². The summed E-state index contributed by atoms with van der Waals surface area (Å²) in [7, 11) is 0. The lowest BCUT2D eigenvalue weighted by molar-refractivity contribution is 0.101. The van der Waals surface area contributed by atoms with Crippen molar-refractivity contribution < 1.29 is 9.59 Å². The molecule has 6 nitrogen and oxygen atoms in total. The molecule has 0 bridgehead atoms. The standard InChI is InChI=1S/C27H19ClN4O2/c28-20-10-6-19(7-11-20)27(34)29-21-12-8-17(9-13-21)25-31-23-15-14-22(16-24(23)32-25)30-26(33)18-4-2-1-3-5-18/h1-16H,(H,29,34)(H,30,33)(H,31,32). The first kappa shape index (κ1) is 21.4. The highest BCUT2D eigenvalue weighted by Crippen LogP contribution is 2.24. The van der Waals surface area contributed by atoms with E-state index in [1.54, 1.807) is 36.4 Å². The summed E-state index contributed by atoms with van der Waals surface area (Å²) in [6.07, 6.45) is 0. The number of rotatable bonds is 5. The summed E-state index contributed by atoms with van der Waals surface area (Å²) in [4.78, 5) is 32.7. The Morgan fingerprint density at radius 2 is 1.32 bits per heavy atom. The topological polar surface area (TPSA) is 86.9 Å². The van der Waals surface area contributed by atoms with Crippen molar-refractivity contribution >= 4 is 45.8 Å². The van der Waals surface area contributed by atoms with Crippen molar-refractivity contribution in [2.24, 2.45) is 0 Å². The van der Waals surface area contributed by atoms with Gasteiger partial charge in [-0.2, -0.15) is 0 Å². The van der Waals surface area contributed by atoms with Gasteiger partial charge in [-0.15, -0.1) is 0 Å². The van der Waals surface area contributed by atoms with Gasteiger partial charge in [-0.05, 0) is 78.9 Å². The van der Waals surface area contributed by atoms with Crippen LogP contribution in [0, 0.1) is 0 Å². The largest absolute Gasteiger partial charge is 0.338 e. The third-order valence-corrected chi connectivity index (χ3v) is 5.55. The molecule has 4 aromatic carbocycles. The zero-order valence-electron chi connectivity index (χ0n) is 17.9. The fourth-order valence-electron chi connectivity index (χ4n) is 3.53. The van der Waals surface area contributed by atoms with Crippen LogP contribution in [0.1, 0.15) is 20.7 Å². The summed E-state index contributed by atoms with van der Waals surface area (Å²) in [5.74, 6) is 0.311. The zero-order chi connectivity index (χ0) is 23.5. The van der Waals surface area contributed by atoms with Gasteiger partial charge in [0.2, 0.25) is 0 Å². The summed E-state index contributed by atoms with van der Waals surface area (Å²) < 4.78 is 0. The molecule has 0 unspecified atom stereocenters. The molecule has 0 aliphatic rings. The minimum Gasteiger partial charge on any atom is -0.338 e. The zero-order valence-corrected chi connectivity index (χ0v) is 18.6. The number of amides is 2. The Balaban J connectivity index is 1.30. The van der Waals surface area contributed by atoms with E-state index in [-0.39, 0.29) is 11.8 Å². The number of aromatic amines is 1. The number of carbonyl (C=O) groups excluding carboxylic acids is 2. The van der Waals surface area contributed by atoms with Crippen molar-refractivity contribution in [3.63, 3.8) is 0 Å². The molecule has 7 heteroatoms. The maximum atomic E-state index is 12.4. The van der Waals surface area contributed by atoms with E-state index in [0.29, 0.717) is 33.3 Å². The van der Waals surface area contributed by atoms with Gasteiger partial charge in [0.25, 0.3) is 11.8 Å². The number of hydrogen-bond acceptors (Lipinski definition) is 3. The first-order valence-electron chi connectivity index (χ1n) is 10.6. The fourth-order valence-corrected chi connectivity index (χ4v) is 3.66. The van der Waals surface area contributed by atoms with Gasteiger partial charge < -0.3 is 15.6 Å². The minimum absolute atomic E-state index is 0.170. The van der Waals surface area contributed by atoms with E-state index in [2.05, 4.69) is 20.6 Å². The SMILES string of the molecule is O=C(Nc1ccc(-c2nc3ccc(NC(=O)c4ccccc4)cc3[nH]2)cc1)c1ccc(Cl)cc1. The van der Waals surface area contributed by atoms with Gasteiger partial charge in [-0.25, -0.2) is 4.98 Å². The van der Waals surface area contributed by atoms with E-state index in [9.17, 15) is 9.59 Å². The van der Waals surface area contributed by atoms with Crippen LogP contribution in [0.3, 0.4) is 0 Å². The van der Waals surface area contributed by atoms with Crippen LogP contribution < -0.4 is 10.6 Å². The van der Waals surface area contributed by atoms with Crippen LogP contribution in [0.25, 0.3) is 22.4 Å². The molecule has 5 rings (SSSR count). The number of H-pyrrole nitrogens is 1. The molecule has 3 N–H and O–H groups in total. The van der Waals surface area contributed by atoms with Gasteiger partial charge in [0.15, 0.2) is 0 Å².